The zero-order chi connectivity index (χ0) is 6.97. The van der Waals surface area contributed by atoms with Gasteiger partial charge in [-0.15, -0.1) is 0 Å². The number of aliphatic imine (C=N–C) groups is 1. The van der Waals surface area contributed by atoms with E-state index in [-0.39, 0.29) is 0 Å². The lowest BCUT2D eigenvalue weighted by atomic mass is 10.6. The summed E-state index contributed by atoms with van der Waals surface area (Å²) in [4.78, 5) is 7.57. The van der Waals surface area contributed by atoms with E-state index in [1.165, 1.54) is 4.57 Å². The van der Waals surface area contributed by atoms with Gasteiger partial charge in [0.25, 0.3) is 0 Å². The number of aromatic nitrogens is 2. The van der Waals surface area contributed by atoms with Crippen molar-refractivity contribution in [3.63, 3.8) is 0 Å². The Hall–Kier alpha value is -1.58. The first-order valence-electron chi connectivity index (χ1n) is 2.80. The third kappa shape index (κ3) is 0.556. The Kier molecular flexibility index (Phi) is 0.887. The highest BCUT2D eigenvalue weighted by atomic mass is 16.5. The van der Waals surface area contributed by atoms with Crippen molar-refractivity contribution < 1.29 is 4.52 Å². The third-order valence-corrected chi connectivity index (χ3v) is 1.23. The molecule has 0 aliphatic carbocycles. The van der Waals surface area contributed by atoms with Crippen molar-refractivity contribution in [2.75, 3.05) is 0 Å². The SMILES string of the molecule is C=Nc1cc2nccn2o1. The Morgan fingerprint density at radius 1 is 1.70 bits per heavy atom. The number of hydrogen-bond acceptors (Lipinski definition) is 3. The quantitative estimate of drug-likeness (QED) is 0.552. The number of imidazole rings is 1. The largest absolute Gasteiger partial charge is 0.353 e. The fraction of sp³-hybridized carbons (Fsp3) is 0. The van der Waals surface area contributed by atoms with Crippen LogP contribution in [0.25, 0.3) is 5.65 Å². The summed E-state index contributed by atoms with van der Waals surface area (Å²) >= 11 is 0. The molecule has 0 aliphatic rings. The van der Waals surface area contributed by atoms with Gasteiger partial charge in [-0.3, -0.25) is 0 Å². The average Bonchev–Trinajstić information content (AvgIpc) is 2.42. The van der Waals surface area contributed by atoms with Crippen molar-refractivity contribution >= 4 is 18.2 Å². The van der Waals surface area contributed by atoms with E-state index in [2.05, 4.69) is 16.7 Å². The molecule has 0 N–H and O–H groups in total. The molecular formula is C6H5N3O. The Bertz CT molecular complexity index is 331. The summed E-state index contributed by atoms with van der Waals surface area (Å²) in [5.41, 5.74) is 0.752. The summed E-state index contributed by atoms with van der Waals surface area (Å²) in [6.07, 6.45) is 3.37. The number of nitrogens with zero attached hydrogens (tertiary/aromatic N) is 3. The molecule has 50 valence electrons. The number of hydrogen-bond donors (Lipinski definition) is 0. The number of rotatable bonds is 1. The van der Waals surface area contributed by atoms with Gasteiger partial charge in [0, 0.05) is 12.3 Å². The summed E-state index contributed by atoms with van der Waals surface area (Å²) in [5, 5.41) is 0. The van der Waals surface area contributed by atoms with E-state index < -0.39 is 0 Å². The first kappa shape index (κ1) is 5.22. The van der Waals surface area contributed by atoms with Crippen LogP contribution in [0.1, 0.15) is 0 Å². The van der Waals surface area contributed by atoms with Crippen LogP contribution in [0.15, 0.2) is 28.0 Å². The van der Waals surface area contributed by atoms with Gasteiger partial charge in [0.05, 0.1) is 6.20 Å². The van der Waals surface area contributed by atoms with Gasteiger partial charge < -0.3 is 4.52 Å². The van der Waals surface area contributed by atoms with Crippen LogP contribution in [0.3, 0.4) is 0 Å². The van der Waals surface area contributed by atoms with E-state index in [0.29, 0.717) is 5.88 Å². The Balaban J connectivity index is 2.78. The molecule has 2 aromatic rings. The summed E-state index contributed by atoms with van der Waals surface area (Å²) in [6, 6.07) is 1.72. The molecule has 0 unspecified atom stereocenters. The monoisotopic (exact) mass is 135 g/mol. The molecule has 0 radical (unpaired) electrons. The van der Waals surface area contributed by atoms with E-state index in [4.69, 9.17) is 4.52 Å². The van der Waals surface area contributed by atoms with Gasteiger partial charge in [0.15, 0.2) is 5.65 Å². The van der Waals surface area contributed by atoms with Gasteiger partial charge in [0.1, 0.15) is 0 Å². The Morgan fingerprint density at radius 3 is 3.30 bits per heavy atom. The van der Waals surface area contributed by atoms with Crippen molar-refractivity contribution in [2.45, 2.75) is 0 Å². The third-order valence-electron chi connectivity index (χ3n) is 1.23. The van der Waals surface area contributed by atoms with E-state index >= 15 is 0 Å². The maximum atomic E-state index is 5.08. The van der Waals surface area contributed by atoms with E-state index in [9.17, 15) is 0 Å². The van der Waals surface area contributed by atoms with Crippen LogP contribution in [0.4, 0.5) is 5.88 Å². The molecule has 0 atom stereocenters. The predicted octanol–water partition coefficient (Wildman–Crippen LogP) is 1.26. The van der Waals surface area contributed by atoms with E-state index in [0.717, 1.165) is 5.65 Å². The fourth-order valence-electron chi connectivity index (χ4n) is 0.794. The van der Waals surface area contributed by atoms with Crippen LogP contribution in [0.2, 0.25) is 0 Å². The normalized spacial score (nSPS) is 10.4. The van der Waals surface area contributed by atoms with Crippen LogP contribution in [-0.4, -0.2) is 16.3 Å². The molecule has 0 bridgehead atoms. The van der Waals surface area contributed by atoms with E-state index in [1.807, 2.05) is 0 Å². The first-order chi connectivity index (χ1) is 4.90. The molecular weight excluding hydrogens is 130 g/mol. The van der Waals surface area contributed by atoms with E-state index in [1.54, 1.807) is 18.5 Å². The molecule has 4 heteroatoms. The number of fused-ring (bicyclic) bond motifs is 1. The van der Waals surface area contributed by atoms with Crippen molar-refractivity contribution in [3.05, 3.63) is 18.5 Å². The maximum Gasteiger partial charge on any atom is 0.249 e. The van der Waals surface area contributed by atoms with Crippen molar-refractivity contribution in [1.82, 2.24) is 9.56 Å². The summed E-state index contributed by atoms with van der Waals surface area (Å²) in [7, 11) is 0. The molecule has 2 rings (SSSR count). The van der Waals surface area contributed by atoms with Crippen molar-refractivity contribution in [3.8, 4) is 0 Å². The second kappa shape index (κ2) is 1.70. The van der Waals surface area contributed by atoms with Gasteiger partial charge in [-0.1, -0.05) is 0 Å². The summed E-state index contributed by atoms with van der Waals surface area (Å²) < 4.78 is 6.61. The maximum absolute atomic E-state index is 5.08. The molecule has 0 spiro atoms. The summed E-state index contributed by atoms with van der Waals surface area (Å²) in [5.74, 6) is 0.489. The smallest absolute Gasteiger partial charge is 0.249 e. The molecule has 10 heavy (non-hydrogen) atoms. The van der Waals surface area contributed by atoms with Gasteiger partial charge in [-0.05, 0) is 6.72 Å². The highest BCUT2D eigenvalue weighted by Crippen LogP contribution is 2.14. The standard InChI is InChI=1S/C6H5N3O/c1-7-6-4-5-8-2-3-9(5)10-6/h2-4H,1H2. The molecule has 0 aromatic carbocycles. The minimum absolute atomic E-state index is 0.489. The lowest BCUT2D eigenvalue weighted by Gasteiger charge is -1.77. The Labute approximate surface area is 56.8 Å². The van der Waals surface area contributed by atoms with Crippen molar-refractivity contribution in [2.24, 2.45) is 4.99 Å². The van der Waals surface area contributed by atoms with Gasteiger partial charge in [-0.25, -0.2) is 9.98 Å². The summed E-state index contributed by atoms with van der Waals surface area (Å²) in [6.45, 7) is 3.32. The highest BCUT2D eigenvalue weighted by Gasteiger charge is 1.99. The molecule has 0 fully saturated rings. The topological polar surface area (TPSA) is 42.8 Å². The van der Waals surface area contributed by atoms with Crippen LogP contribution < -0.4 is 0 Å². The average molecular weight is 135 g/mol. The van der Waals surface area contributed by atoms with Gasteiger partial charge >= 0.3 is 0 Å². The van der Waals surface area contributed by atoms with Gasteiger partial charge in [0.2, 0.25) is 5.88 Å². The second-order valence-corrected chi connectivity index (χ2v) is 1.84. The minimum atomic E-state index is 0.489. The molecule has 4 nitrogen and oxygen atoms in total. The van der Waals surface area contributed by atoms with Crippen LogP contribution >= 0.6 is 0 Å². The second-order valence-electron chi connectivity index (χ2n) is 1.84. The van der Waals surface area contributed by atoms with Crippen LogP contribution in [0.5, 0.6) is 0 Å². The minimum Gasteiger partial charge on any atom is -0.353 e. The van der Waals surface area contributed by atoms with Crippen LogP contribution in [0, 0.1) is 0 Å². The predicted molar refractivity (Wildman–Crippen MR) is 36.7 cm³/mol. The fourth-order valence-corrected chi connectivity index (χ4v) is 0.794. The zero-order valence-electron chi connectivity index (χ0n) is 5.19. The molecule has 0 aliphatic heterocycles. The van der Waals surface area contributed by atoms with Gasteiger partial charge in [-0.2, -0.15) is 4.57 Å². The Morgan fingerprint density at radius 2 is 2.60 bits per heavy atom. The molecule has 0 amide bonds. The lowest BCUT2D eigenvalue weighted by Crippen LogP contribution is -1.67. The highest BCUT2D eigenvalue weighted by molar-refractivity contribution is 5.48. The zero-order valence-corrected chi connectivity index (χ0v) is 5.19. The lowest BCUT2D eigenvalue weighted by molar-refractivity contribution is 0.388. The molecule has 0 saturated carbocycles. The van der Waals surface area contributed by atoms with Crippen LogP contribution in [-0.2, 0) is 0 Å². The first-order valence-corrected chi connectivity index (χ1v) is 2.80. The van der Waals surface area contributed by atoms with Crippen molar-refractivity contribution in [1.29, 1.82) is 0 Å². The molecule has 0 saturated heterocycles. The molecule has 2 aromatic heterocycles. The molecule has 2 heterocycles.